The summed E-state index contributed by atoms with van der Waals surface area (Å²) in [5.41, 5.74) is 2.37. The average Bonchev–Trinajstić information content (AvgIpc) is 3.03. The number of anilines is 1. The Bertz CT molecular complexity index is 652. The quantitative estimate of drug-likeness (QED) is 0.938. The minimum Gasteiger partial charge on any atom is -0.473 e. The van der Waals surface area contributed by atoms with Crippen molar-refractivity contribution >= 4 is 23.4 Å². The molecule has 0 aliphatic carbocycles. The van der Waals surface area contributed by atoms with Crippen LogP contribution in [0.4, 0.5) is 5.69 Å². The summed E-state index contributed by atoms with van der Waals surface area (Å²) in [6, 6.07) is 11.2. The molecule has 1 unspecified atom stereocenters. The van der Waals surface area contributed by atoms with Gasteiger partial charge in [0.2, 0.25) is 5.88 Å². The van der Waals surface area contributed by atoms with Crippen LogP contribution in [0.15, 0.2) is 42.6 Å². The number of hydrogen-bond acceptors (Lipinski definition) is 4. The van der Waals surface area contributed by atoms with E-state index in [9.17, 15) is 4.79 Å². The van der Waals surface area contributed by atoms with Crippen molar-refractivity contribution in [3.63, 3.8) is 0 Å². The maximum Gasteiger partial charge on any atom is 0.257 e. The van der Waals surface area contributed by atoms with Crippen molar-refractivity contribution in [3.05, 3.63) is 53.7 Å². The van der Waals surface area contributed by atoms with Crippen molar-refractivity contribution in [3.8, 4) is 5.88 Å². The molecule has 22 heavy (non-hydrogen) atoms. The Kier molecular flexibility index (Phi) is 4.63. The monoisotopic (exact) mass is 314 g/mol. The molecule has 1 saturated heterocycles. The number of para-hydroxylation sites is 1. The summed E-state index contributed by atoms with van der Waals surface area (Å²) in [6.45, 7) is 1.96. The lowest BCUT2D eigenvalue weighted by atomic mass is 10.2. The van der Waals surface area contributed by atoms with Crippen LogP contribution in [0.3, 0.4) is 0 Å². The number of benzene rings is 1. The van der Waals surface area contributed by atoms with Gasteiger partial charge in [-0.15, -0.1) is 0 Å². The lowest BCUT2D eigenvalue weighted by Gasteiger charge is -2.12. The first kappa shape index (κ1) is 14.9. The molecule has 1 aliphatic heterocycles. The van der Waals surface area contributed by atoms with Gasteiger partial charge in [-0.25, -0.2) is 4.98 Å². The molecule has 1 amide bonds. The molecule has 4 nitrogen and oxygen atoms in total. The molecule has 1 aromatic carbocycles. The number of pyridine rings is 1. The summed E-state index contributed by atoms with van der Waals surface area (Å²) in [5, 5.41) is 2.90. The number of rotatable bonds is 4. The van der Waals surface area contributed by atoms with Gasteiger partial charge in [-0.3, -0.25) is 4.79 Å². The van der Waals surface area contributed by atoms with E-state index in [1.54, 1.807) is 18.3 Å². The number of carbonyl (C=O) groups excluding carboxylic acids is 1. The number of aryl methyl sites for hydroxylation is 1. The third-order valence-electron chi connectivity index (χ3n) is 3.57. The number of hydrogen-bond donors (Lipinski definition) is 1. The molecule has 1 aliphatic rings. The van der Waals surface area contributed by atoms with Crippen molar-refractivity contribution in [2.24, 2.45) is 0 Å². The Balaban J connectivity index is 1.64. The van der Waals surface area contributed by atoms with Crippen LogP contribution in [0.25, 0.3) is 0 Å². The number of aromatic nitrogens is 1. The van der Waals surface area contributed by atoms with E-state index >= 15 is 0 Å². The van der Waals surface area contributed by atoms with Crippen molar-refractivity contribution in [2.45, 2.75) is 19.4 Å². The molecule has 0 radical (unpaired) electrons. The minimum absolute atomic E-state index is 0.162. The first-order valence-corrected chi connectivity index (χ1v) is 8.45. The van der Waals surface area contributed by atoms with Gasteiger partial charge in [0, 0.05) is 23.7 Å². The molecule has 2 heterocycles. The number of nitrogens with zero attached hydrogens (tertiary/aromatic N) is 1. The molecular formula is C17H18N2O2S. The summed E-state index contributed by atoms with van der Waals surface area (Å²) in [6.07, 6.45) is 2.86. The van der Waals surface area contributed by atoms with Crippen molar-refractivity contribution in [2.75, 3.05) is 16.8 Å². The minimum atomic E-state index is -0.162. The Labute approximate surface area is 134 Å². The highest BCUT2D eigenvalue weighted by Crippen LogP contribution is 2.22. The average molecular weight is 314 g/mol. The fourth-order valence-corrected chi connectivity index (χ4v) is 3.36. The zero-order valence-corrected chi connectivity index (χ0v) is 13.2. The second-order valence-corrected chi connectivity index (χ2v) is 6.41. The first-order valence-electron chi connectivity index (χ1n) is 7.30. The number of nitrogens with one attached hydrogen (secondary N) is 1. The van der Waals surface area contributed by atoms with Gasteiger partial charge < -0.3 is 10.1 Å². The van der Waals surface area contributed by atoms with Gasteiger partial charge in [0.25, 0.3) is 5.91 Å². The largest absolute Gasteiger partial charge is 0.473 e. The second-order valence-electron chi connectivity index (χ2n) is 5.26. The zero-order chi connectivity index (χ0) is 15.4. The number of thioether (sulfide) groups is 1. The van der Waals surface area contributed by atoms with Gasteiger partial charge in [-0.1, -0.05) is 18.2 Å². The van der Waals surface area contributed by atoms with Crippen LogP contribution >= 0.6 is 11.8 Å². The van der Waals surface area contributed by atoms with E-state index in [-0.39, 0.29) is 12.0 Å². The predicted molar refractivity (Wildman–Crippen MR) is 89.7 cm³/mol. The smallest absolute Gasteiger partial charge is 0.257 e. The normalized spacial score (nSPS) is 17.2. The van der Waals surface area contributed by atoms with Gasteiger partial charge in [0.05, 0.1) is 5.56 Å². The highest BCUT2D eigenvalue weighted by Gasteiger charge is 2.17. The van der Waals surface area contributed by atoms with Gasteiger partial charge in [0.15, 0.2) is 0 Å². The third kappa shape index (κ3) is 3.60. The molecule has 5 heteroatoms. The van der Waals surface area contributed by atoms with Crippen LogP contribution in [0.2, 0.25) is 0 Å². The molecule has 0 bridgehead atoms. The van der Waals surface area contributed by atoms with Gasteiger partial charge in [0.1, 0.15) is 6.10 Å². The number of ether oxygens (including phenoxy) is 1. The SMILES string of the molecule is Cc1ccccc1NC(=O)c1ccc(OC2CCSC2)nc1. The van der Waals surface area contributed by atoms with Gasteiger partial charge in [-0.2, -0.15) is 11.8 Å². The van der Waals surface area contributed by atoms with Crippen LogP contribution in [0.5, 0.6) is 5.88 Å². The van der Waals surface area contributed by atoms with Crippen molar-refractivity contribution in [1.29, 1.82) is 0 Å². The van der Waals surface area contributed by atoms with E-state index < -0.39 is 0 Å². The number of carbonyl (C=O) groups is 1. The molecule has 1 atom stereocenters. The molecule has 114 valence electrons. The van der Waals surface area contributed by atoms with Crippen LogP contribution in [-0.4, -0.2) is 28.5 Å². The predicted octanol–water partition coefficient (Wildman–Crippen LogP) is 3.53. The Hall–Kier alpha value is -2.01. The Morgan fingerprint density at radius 3 is 2.86 bits per heavy atom. The van der Waals surface area contributed by atoms with E-state index in [1.807, 2.05) is 43.0 Å². The zero-order valence-electron chi connectivity index (χ0n) is 12.4. The van der Waals surface area contributed by atoms with E-state index in [0.29, 0.717) is 11.4 Å². The van der Waals surface area contributed by atoms with E-state index in [1.165, 1.54) is 0 Å². The first-order chi connectivity index (χ1) is 10.7. The van der Waals surface area contributed by atoms with E-state index in [2.05, 4.69) is 10.3 Å². The van der Waals surface area contributed by atoms with Crippen LogP contribution in [0.1, 0.15) is 22.3 Å². The summed E-state index contributed by atoms with van der Waals surface area (Å²) in [4.78, 5) is 16.5. The Morgan fingerprint density at radius 1 is 1.32 bits per heavy atom. The topological polar surface area (TPSA) is 51.2 Å². The molecular weight excluding hydrogens is 296 g/mol. The molecule has 0 spiro atoms. The van der Waals surface area contributed by atoms with Gasteiger partial charge in [-0.05, 0) is 36.8 Å². The molecule has 0 saturated carbocycles. The fourth-order valence-electron chi connectivity index (χ4n) is 2.27. The number of amides is 1. The van der Waals surface area contributed by atoms with Crippen LogP contribution in [-0.2, 0) is 0 Å². The van der Waals surface area contributed by atoms with E-state index in [4.69, 9.17) is 4.74 Å². The maximum absolute atomic E-state index is 12.2. The molecule has 1 N–H and O–H groups in total. The highest BCUT2D eigenvalue weighted by molar-refractivity contribution is 7.99. The van der Waals surface area contributed by atoms with Crippen LogP contribution < -0.4 is 10.1 Å². The summed E-state index contributed by atoms with van der Waals surface area (Å²) >= 11 is 1.90. The van der Waals surface area contributed by atoms with Crippen molar-refractivity contribution in [1.82, 2.24) is 4.98 Å². The van der Waals surface area contributed by atoms with Crippen LogP contribution in [0, 0.1) is 6.92 Å². The molecule has 1 fully saturated rings. The molecule has 2 aromatic rings. The van der Waals surface area contributed by atoms with E-state index in [0.717, 1.165) is 29.2 Å². The lowest BCUT2D eigenvalue weighted by Crippen LogP contribution is -2.16. The van der Waals surface area contributed by atoms with Gasteiger partial charge >= 0.3 is 0 Å². The molecule has 1 aromatic heterocycles. The standard InChI is InChI=1S/C17H18N2O2S/c1-12-4-2-3-5-15(12)19-17(20)13-6-7-16(18-10-13)21-14-8-9-22-11-14/h2-7,10,14H,8-9,11H2,1H3,(H,19,20). The Morgan fingerprint density at radius 2 is 2.18 bits per heavy atom. The molecule has 3 rings (SSSR count). The third-order valence-corrected chi connectivity index (χ3v) is 4.70. The maximum atomic E-state index is 12.2. The summed E-state index contributed by atoms with van der Waals surface area (Å²) in [7, 11) is 0. The summed E-state index contributed by atoms with van der Waals surface area (Å²) in [5.74, 6) is 2.57. The fraction of sp³-hybridized carbons (Fsp3) is 0.294. The second kappa shape index (κ2) is 6.83. The van der Waals surface area contributed by atoms with Crippen molar-refractivity contribution < 1.29 is 9.53 Å². The summed E-state index contributed by atoms with van der Waals surface area (Å²) < 4.78 is 5.78. The lowest BCUT2D eigenvalue weighted by molar-refractivity contribution is 0.102. The highest BCUT2D eigenvalue weighted by atomic mass is 32.2.